The Morgan fingerprint density at radius 3 is 3.00 bits per heavy atom. The minimum Gasteiger partial charge on any atom is -0.480 e. The predicted molar refractivity (Wildman–Crippen MR) is 59.0 cm³/mol. The first kappa shape index (κ1) is 12.5. The monoisotopic (exact) mass is 254 g/mol. The second-order valence-corrected chi connectivity index (χ2v) is 3.95. The summed E-state index contributed by atoms with van der Waals surface area (Å²) >= 11 is 0. The van der Waals surface area contributed by atoms with Gasteiger partial charge in [-0.15, -0.1) is 5.10 Å². The van der Waals surface area contributed by atoms with Gasteiger partial charge in [-0.2, -0.15) is 0 Å². The number of aromatic nitrogens is 3. The van der Waals surface area contributed by atoms with Crippen molar-refractivity contribution in [3.63, 3.8) is 0 Å². The van der Waals surface area contributed by atoms with Gasteiger partial charge in [-0.1, -0.05) is 5.21 Å². The lowest BCUT2D eigenvalue weighted by atomic mass is 10.3. The summed E-state index contributed by atoms with van der Waals surface area (Å²) < 4.78 is 6.38. The maximum absolute atomic E-state index is 12.1. The maximum atomic E-state index is 12.1. The molecule has 0 atom stereocenters. The smallest absolute Gasteiger partial charge is 0.325 e. The molecule has 0 saturated carbocycles. The number of nitrogens with zero attached hydrogens (tertiary/aromatic N) is 4. The van der Waals surface area contributed by atoms with Crippen molar-refractivity contribution in [1.29, 1.82) is 0 Å². The van der Waals surface area contributed by atoms with E-state index in [1.165, 1.54) is 6.20 Å². The second kappa shape index (κ2) is 5.58. The van der Waals surface area contributed by atoms with Crippen LogP contribution in [0.4, 0.5) is 0 Å². The van der Waals surface area contributed by atoms with Crippen LogP contribution in [0.5, 0.6) is 0 Å². The van der Waals surface area contributed by atoms with Crippen LogP contribution in [-0.2, 0) is 16.1 Å². The molecule has 0 spiro atoms. The molecule has 1 N–H and O–H groups in total. The number of carbonyl (C=O) groups excluding carboxylic acids is 1. The van der Waals surface area contributed by atoms with Crippen molar-refractivity contribution in [2.24, 2.45) is 0 Å². The molecule has 1 aromatic rings. The van der Waals surface area contributed by atoms with E-state index in [0.29, 0.717) is 26.3 Å². The van der Waals surface area contributed by atoms with Crippen molar-refractivity contribution in [3.8, 4) is 0 Å². The fourth-order valence-electron chi connectivity index (χ4n) is 1.72. The highest BCUT2D eigenvalue weighted by Gasteiger charge is 2.20. The van der Waals surface area contributed by atoms with E-state index in [0.717, 1.165) is 11.1 Å². The first-order chi connectivity index (χ1) is 8.66. The largest absolute Gasteiger partial charge is 0.480 e. The van der Waals surface area contributed by atoms with Crippen LogP contribution in [0.15, 0.2) is 6.20 Å². The van der Waals surface area contributed by atoms with Crippen LogP contribution in [-0.4, -0.2) is 63.2 Å². The summed E-state index contributed by atoms with van der Waals surface area (Å²) in [4.78, 5) is 24.2. The van der Waals surface area contributed by atoms with E-state index in [4.69, 9.17) is 9.84 Å². The van der Waals surface area contributed by atoms with Gasteiger partial charge in [0.05, 0.1) is 12.8 Å². The number of amides is 1. The average molecular weight is 254 g/mol. The number of carbonyl (C=O) groups is 2. The molecule has 1 saturated heterocycles. The van der Waals surface area contributed by atoms with Gasteiger partial charge >= 0.3 is 5.97 Å². The molecule has 98 valence electrons. The molecule has 0 unspecified atom stereocenters. The number of aliphatic carboxylic acids is 1. The molecule has 18 heavy (non-hydrogen) atoms. The third-order valence-electron chi connectivity index (χ3n) is 2.56. The molecule has 1 fully saturated rings. The lowest BCUT2D eigenvalue weighted by Crippen LogP contribution is -2.33. The van der Waals surface area contributed by atoms with Crippen LogP contribution in [0.25, 0.3) is 0 Å². The Labute approximate surface area is 103 Å². The quantitative estimate of drug-likeness (QED) is 0.760. The van der Waals surface area contributed by atoms with E-state index >= 15 is 0 Å². The van der Waals surface area contributed by atoms with Crippen LogP contribution in [0.2, 0.25) is 0 Å². The molecule has 8 nitrogen and oxygen atoms in total. The van der Waals surface area contributed by atoms with E-state index in [-0.39, 0.29) is 18.1 Å². The van der Waals surface area contributed by atoms with E-state index < -0.39 is 5.97 Å². The highest BCUT2D eigenvalue weighted by Crippen LogP contribution is 2.05. The third-order valence-corrected chi connectivity index (χ3v) is 2.56. The summed E-state index contributed by atoms with van der Waals surface area (Å²) in [7, 11) is 0. The lowest BCUT2D eigenvalue weighted by Gasteiger charge is -2.17. The molecule has 0 bridgehead atoms. The molecule has 1 aliphatic heterocycles. The molecule has 1 aromatic heterocycles. The summed E-state index contributed by atoms with van der Waals surface area (Å²) in [5, 5.41) is 15.9. The zero-order valence-corrected chi connectivity index (χ0v) is 9.78. The fraction of sp³-hybridized carbons (Fsp3) is 0.600. The number of carboxylic acid groups (broad SMARTS) is 1. The van der Waals surface area contributed by atoms with Gasteiger partial charge in [-0.05, 0) is 6.42 Å². The lowest BCUT2D eigenvalue weighted by molar-refractivity contribution is -0.137. The van der Waals surface area contributed by atoms with Crippen LogP contribution in [0, 0.1) is 0 Å². The standard InChI is InChI=1S/C10H14N4O4/c15-9(16)7-14-6-8(11-12-14)10(17)13-2-1-4-18-5-3-13/h6H,1-5,7H2,(H,15,16). The fourth-order valence-corrected chi connectivity index (χ4v) is 1.72. The van der Waals surface area contributed by atoms with Crippen LogP contribution >= 0.6 is 0 Å². The topological polar surface area (TPSA) is 97.5 Å². The highest BCUT2D eigenvalue weighted by atomic mass is 16.5. The zero-order chi connectivity index (χ0) is 13.0. The van der Waals surface area contributed by atoms with Crippen LogP contribution in [0.3, 0.4) is 0 Å². The van der Waals surface area contributed by atoms with Gasteiger partial charge in [0.25, 0.3) is 5.91 Å². The van der Waals surface area contributed by atoms with E-state index in [1.54, 1.807) is 4.90 Å². The Balaban J connectivity index is 2.03. The minimum absolute atomic E-state index is 0.165. The molecular formula is C10H14N4O4. The van der Waals surface area contributed by atoms with Gasteiger partial charge in [0.2, 0.25) is 0 Å². The van der Waals surface area contributed by atoms with E-state index in [2.05, 4.69) is 10.3 Å². The average Bonchev–Trinajstić information content (AvgIpc) is 2.63. The van der Waals surface area contributed by atoms with Crippen molar-refractivity contribution in [2.75, 3.05) is 26.3 Å². The Morgan fingerprint density at radius 1 is 1.39 bits per heavy atom. The SMILES string of the molecule is O=C(O)Cn1cc(C(=O)N2CCCOCC2)nn1. The molecule has 0 aromatic carbocycles. The van der Waals surface area contributed by atoms with Crippen molar-refractivity contribution >= 4 is 11.9 Å². The maximum Gasteiger partial charge on any atom is 0.325 e. The molecule has 2 rings (SSSR count). The first-order valence-electron chi connectivity index (χ1n) is 5.66. The number of hydrogen-bond acceptors (Lipinski definition) is 5. The summed E-state index contributed by atoms with van der Waals surface area (Å²) in [6, 6.07) is 0. The number of carboxylic acids is 1. The van der Waals surface area contributed by atoms with Gasteiger partial charge < -0.3 is 14.7 Å². The van der Waals surface area contributed by atoms with Crippen molar-refractivity contribution in [2.45, 2.75) is 13.0 Å². The highest BCUT2D eigenvalue weighted by molar-refractivity contribution is 5.92. The Morgan fingerprint density at radius 2 is 2.22 bits per heavy atom. The number of rotatable bonds is 3. The molecule has 8 heteroatoms. The second-order valence-electron chi connectivity index (χ2n) is 3.95. The van der Waals surface area contributed by atoms with Crippen LogP contribution < -0.4 is 0 Å². The molecule has 1 amide bonds. The van der Waals surface area contributed by atoms with Crippen molar-refractivity contribution in [3.05, 3.63) is 11.9 Å². The first-order valence-corrected chi connectivity index (χ1v) is 5.66. The van der Waals surface area contributed by atoms with Crippen LogP contribution in [0.1, 0.15) is 16.9 Å². The molecule has 0 aliphatic carbocycles. The number of hydrogen-bond donors (Lipinski definition) is 1. The Bertz CT molecular complexity index is 437. The van der Waals surface area contributed by atoms with E-state index in [1.807, 2.05) is 0 Å². The molecular weight excluding hydrogens is 240 g/mol. The van der Waals surface area contributed by atoms with Gasteiger partial charge in [-0.25, -0.2) is 4.68 Å². The van der Waals surface area contributed by atoms with Gasteiger partial charge in [0.15, 0.2) is 5.69 Å². The van der Waals surface area contributed by atoms with Crippen molar-refractivity contribution in [1.82, 2.24) is 19.9 Å². The third kappa shape index (κ3) is 3.04. The normalized spacial score (nSPS) is 16.3. The minimum atomic E-state index is -1.03. The number of ether oxygens (including phenoxy) is 1. The molecule has 0 radical (unpaired) electrons. The van der Waals surface area contributed by atoms with E-state index in [9.17, 15) is 9.59 Å². The van der Waals surface area contributed by atoms with Gasteiger partial charge in [0.1, 0.15) is 6.54 Å². The van der Waals surface area contributed by atoms with Gasteiger partial charge in [-0.3, -0.25) is 9.59 Å². The Kier molecular flexibility index (Phi) is 3.88. The molecule has 1 aliphatic rings. The van der Waals surface area contributed by atoms with Gasteiger partial charge in [0, 0.05) is 19.7 Å². The predicted octanol–water partition coefficient (Wildman–Crippen LogP) is -0.775. The summed E-state index contributed by atoms with van der Waals surface area (Å²) in [5.41, 5.74) is 0.165. The summed E-state index contributed by atoms with van der Waals surface area (Å²) in [5.74, 6) is -1.26. The zero-order valence-electron chi connectivity index (χ0n) is 9.78. The molecule has 2 heterocycles. The Hall–Kier alpha value is -1.96. The van der Waals surface area contributed by atoms with Crippen molar-refractivity contribution < 1.29 is 19.4 Å². The summed E-state index contributed by atoms with van der Waals surface area (Å²) in [6.45, 7) is 1.99. The summed E-state index contributed by atoms with van der Waals surface area (Å²) in [6.07, 6.45) is 2.14.